The number of phenolic OH excluding ortho intramolecular Hbond substituents is 1. The molecular formula is C22H25N5O4S. The van der Waals surface area contributed by atoms with Crippen molar-refractivity contribution < 1.29 is 18.3 Å². The minimum atomic E-state index is -2.92. The summed E-state index contributed by atoms with van der Waals surface area (Å²) in [5.74, 6) is 0.333. The van der Waals surface area contributed by atoms with E-state index in [-0.39, 0.29) is 17.3 Å². The van der Waals surface area contributed by atoms with Crippen LogP contribution in [0.3, 0.4) is 0 Å². The lowest BCUT2D eigenvalue weighted by Gasteiger charge is -2.28. The second-order valence-corrected chi connectivity index (χ2v) is 10.1. The highest BCUT2D eigenvalue weighted by Crippen LogP contribution is 2.23. The molecule has 32 heavy (non-hydrogen) atoms. The van der Waals surface area contributed by atoms with E-state index in [9.17, 15) is 18.3 Å². The number of aromatic hydroxyl groups is 1. The van der Waals surface area contributed by atoms with E-state index < -0.39 is 15.7 Å². The molecule has 1 fully saturated rings. The van der Waals surface area contributed by atoms with E-state index in [2.05, 4.69) is 20.4 Å². The molecule has 0 bridgehead atoms. The van der Waals surface area contributed by atoms with Gasteiger partial charge >= 0.3 is 0 Å². The third-order valence-electron chi connectivity index (χ3n) is 5.51. The molecule has 1 aliphatic heterocycles. The number of aromatic amines is 1. The van der Waals surface area contributed by atoms with E-state index in [1.165, 1.54) is 0 Å². The van der Waals surface area contributed by atoms with Crippen molar-refractivity contribution in [2.45, 2.75) is 13.0 Å². The SMILES string of the molecule is NC(=O)c1c(NCc2ccc(O)cc2)n[nH]c1Cc1ccc(N2CCS(=O)(=O)CC2)cc1. The molecule has 9 nitrogen and oxygen atoms in total. The van der Waals surface area contributed by atoms with Gasteiger partial charge in [0.2, 0.25) is 0 Å². The van der Waals surface area contributed by atoms with Gasteiger partial charge in [-0.25, -0.2) is 8.42 Å². The molecule has 0 aliphatic carbocycles. The number of nitrogens with two attached hydrogens (primary N) is 1. The number of hydrogen-bond donors (Lipinski definition) is 4. The zero-order chi connectivity index (χ0) is 22.7. The highest BCUT2D eigenvalue weighted by atomic mass is 32.2. The highest BCUT2D eigenvalue weighted by molar-refractivity contribution is 7.91. The minimum absolute atomic E-state index is 0.171. The van der Waals surface area contributed by atoms with Gasteiger partial charge < -0.3 is 21.1 Å². The summed E-state index contributed by atoms with van der Waals surface area (Å²) < 4.78 is 23.3. The number of benzene rings is 2. The van der Waals surface area contributed by atoms with Crippen LogP contribution in [0, 0.1) is 0 Å². The summed E-state index contributed by atoms with van der Waals surface area (Å²) >= 11 is 0. The predicted molar refractivity (Wildman–Crippen MR) is 123 cm³/mol. The maximum absolute atomic E-state index is 12.1. The number of hydrogen-bond acceptors (Lipinski definition) is 7. The average Bonchev–Trinajstić information content (AvgIpc) is 3.17. The lowest BCUT2D eigenvalue weighted by Crippen LogP contribution is -2.40. The Morgan fingerprint density at radius 3 is 2.31 bits per heavy atom. The van der Waals surface area contributed by atoms with Gasteiger partial charge in [0, 0.05) is 31.7 Å². The molecule has 2 heterocycles. The molecule has 3 aromatic rings. The molecule has 0 saturated carbocycles. The molecule has 168 valence electrons. The molecule has 4 rings (SSSR count). The van der Waals surface area contributed by atoms with Crippen LogP contribution in [0.25, 0.3) is 0 Å². The third kappa shape index (κ3) is 5.02. The van der Waals surface area contributed by atoms with E-state index in [1.54, 1.807) is 24.3 Å². The molecule has 0 spiro atoms. The van der Waals surface area contributed by atoms with E-state index in [0.29, 0.717) is 43.1 Å². The zero-order valence-electron chi connectivity index (χ0n) is 17.4. The standard InChI is InChI=1S/C22H25N5O4S/c23-21(29)20-19(25-26-22(20)24-14-16-3-7-18(28)8-4-16)13-15-1-5-17(6-2-15)27-9-11-32(30,31)12-10-27/h1-8,28H,9-14H2,(H2,23,29)(H2,24,25,26). The first-order chi connectivity index (χ1) is 15.3. The number of carbonyl (C=O) groups excluding carboxylic acids is 1. The predicted octanol–water partition coefficient (Wildman–Crippen LogP) is 1.65. The smallest absolute Gasteiger partial charge is 0.254 e. The van der Waals surface area contributed by atoms with Gasteiger partial charge in [0.25, 0.3) is 5.91 Å². The number of phenols is 1. The Hall–Kier alpha value is -3.53. The van der Waals surface area contributed by atoms with Crippen molar-refractivity contribution in [2.75, 3.05) is 34.8 Å². The molecule has 1 saturated heterocycles. The van der Waals surface area contributed by atoms with Crippen LogP contribution in [-0.2, 0) is 22.8 Å². The van der Waals surface area contributed by atoms with Crippen LogP contribution >= 0.6 is 0 Å². The monoisotopic (exact) mass is 455 g/mol. The Kier molecular flexibility index (Phi) is 6.04. The van der Waals surface area contributed by atoms with Crippen LogP contribution < -0.4 is 16.0 Å². The van der Waals surface area contributed by atoms with Crippen LogP contribution in [-0.4, -0.2) is 54.2 Å². The Morgan fingerprint density at radius 1 is 1.06 bits per heavy atom. The number of primary amides is 1. The Labute approximate surface area is 186 Å². The Morgan fingerprint density at radius 2 is 1.69 bits per heavy atom. The summed E-state index contributed by atoms with van der Waals surface area (Å²) in [7, 11) is -2.92. The largest absolute Gasteiger partial charge is 0.508 e. The van der Waals surface area contributed by atoms with Crippen LogP contribution in [0.5, 0.6) is 5.75 Å². The summed E-state index contributed by atoms with van der Waals surface area (Å²) in [6, 6.07) is 14.6. The molecule has 0 radical (unpaired) electrons. The van der Waals surface area contributed by atoms with Gasteiger partial charge in [-0.1, -0.05) is 24.3 Å². The molecule has 5 N–H and O–H groups in total. The molecule has 0 unspecified atom stereocenters. The van der Waals surface area contributed by atoms with E-state index in [1.807, 2.05) is 24.3 Å². The van der Waals surface area contributed by atoms with E-state index in [4.69, 9.17) is 5.73 Å². The Bertz CT molecular complexity index is 1190. The number of anilines is 2. The summed E-state index contributed by atoms with van der Waals surface area (Å²) in [5.41, 5.74) is 9.40. The van der Waals surface area contributed by atoms with Crippen molar-refractivity contribution in [3.63, 3.8) is 0 Å². The number of carbonyl (C=O) groups is 1. The number of rotatable bonds is 7. The third-order valence-corrected chi connectivity index (χ3v) is 7.12. The average molecular weight is 456 g/mol. The van der Waals surface area contributed by atoms with Gasteiger partial charge in [-0.15, -0.1) is 0 Å². The van der Waals surface area contributed by atoms with E-state index in [0.717, 1.165) is 16.8 Å². The molecule has 1 aliphatic rings. The van der Waals surface area contributed by atoms with Crippen LogP contribution in [0.4, 0.5) is 11.5 Å². The molecule has 0 atom stereocenters. The fraction of sp³-hybridized carbons (Fsp3) is 0.273. The first-order valence-electron chi connectivity index (χ1n) is 10.2. The summed E-state index contributed by atoms with van der Waals surface area (Å²) in [5, 5.41) is 19.6. The molecule has 10 heteroatoms. The fourth-order valence-electron chi connectivity index (χ4n) is 3.70. The van der Waals surface area contributed by atoms with Gasteiger partial charge in [-0.2, -0.15) is 5.10 Å². The minimum Gasteiger partial charge on any atom is -0.508 e. The summed E-state index contributed by atoms with van der Waals surface area (Å²) in [4.78, 5) is 14.2. The lowest BCUT2D eigenvalue weighted by molar-refractivity contribution is 0.100. The van der Waals surface area contributed by atoms with Gasteiger partial charge in [0.15, 0.2) is 15.7 Å². The van der Waals surface area contributed by atoms with Crippen molar-refractivity contribution in [3.8, 4) is 5.75 Å². The maximum Gasteiger partial charge on any atom is 0.254 e. The van der Waals surface area contributed by atoms with Crippen LogP contribution in [0.1, 0.15) is 27.2 Å². The highest BCUT2D eigenvalue weighted by Gasteiger charge is 2.22. The van der Waals surface area contributed by atoms with Crippen LogP contribution in [0.2, 0.25) is 0 Å². The number of sulfone groups is 1. The Balaban J connectivity index is 1.44. The van der Waals surface area contributed by atoms with Gasteiger partial charge in [0.1, 0.15) is 11.3 Å². The number of nitrogens with zero attached hydrogens (tertiary/aromatic N) is 2. The van der Waals surface area contributed by atoms with Crippen molar-refractivity contribution in [3.05, 3.63) is 70.9 Å². The maximum atomic E-state index is 12.1. The van der Waals surface area contributed by atoms with Crippen molar-refractivity contribution in [1.29, 1.82) is 0 Å². The normalized spacial score (nSPS) is 15.4. The second kappa shape index (κ2) is 8.91. The molecular weight excluding hydrogens is 430 g/mol. The van der Waals surface area contributed by atoms with Gasteiger partial charge in [-0.3, -0.25) is 9.89 Å². The first-order valence-corrected chi connectivity index (χ1v) is 12.1. The van der Waals surface area contributed by atoms with E-state index >= 15 is 0 Å². The van der Waals surface area contributed by atoms with Gasteiger partial charge in [-0.05, 0) is 35.4 Å². The van der Waals surface area contributed by atoms with Crippen molar-refractivity contribution in [2.24, 2.45) is 5.73 Å². The second-order valence-electron chi connectivity index (χ2n) is 7.79. The summed E-state index contributed by atoms with van der Waals surface area (Å²) in [6.45, 7) is 1.40. The fourth-order valence-corrected chi connectivity index (χ4v) is 4.90. The quantitative estimate of drug-likeness (QED) is 0.424. The number of nitrogens with one attached hydrogen (secondary N) is 2. The zero-order valence-corrected chi connectivity index (χ0v) is 18.2. The first kappa shape index (κ1) is 21.7. The summed E-state index contributed by atoms with van der Waals surface area (Å²) in [6.07, 6.45) is 0.445. The number of aromatic nitrogens is 2. The number of amides is 1. The lowest BCUT2D eigenvalue weighted by atomic mass is 10.1. The van der Waals surface area contributed by atoms with Crippen molar-refractivity contribution in [1.82, 2.24) is 10.2 Å². The van der Waals surface area contributed by atoms with Crippen LogP contribution in [0.15, 0.2) is 48.5 Å². The molecule has 1 amide bonds. The molecule has 2 aromatic carbocycles. The number of H-pyrrole nitrogens is 1. The topological polar surface area (TPSA) is 141 Å². The van der Waals surface area contributed by atoms with Crippen molar-refractivity contribution >= 4 is 27.2 Å². The van der Waals surface area contributed by atoms with Gasteiger partial charge in [0.05, 0.1) is 17.2 Å². The molecule has 1 aromatic heterocycles.